The van der Waals surface area contributed by atoms with Gasteiger partial charge in [0, 0.05) is 46.1 Å². The van der Waals surface area contributed by atoms with Crippen LogP contribution in [0.4, 0.5) is 11.4 Å². The van der Waals surface area contributed by atoms with Crippen molar-refractivity contribution < 1.29 is 28.6 Å². The maximum Gasteiger partial charge on any atom is 0.209 e. The van der Waals surface area contributed by atoms with Gasteiger partial charge in [-0.05, 0) is 79.7 Å². The van der Waals surface area contributed by atoms with E-state index in [9.17, 15) is 0 Å². The highest BCUT2D eigenvalue weighted by Crippen LogP contribution is 2.50. The average molecular weight is 675 g/mol. The van der Waals surface area contributed by atoms with E-state index in [0.717, 1.165) is 30.8 Å². The largest absolute Gasteiger partial charge is 1.00 e. The molecule has 0 saturated carbocycles. The number of halogens is 2. The molecule has 0 aromatic heterocycles. The quantitative estimate of drug-likeness (QED) is 0.220. The van der Waals surface area contributed by atoms with Gasteiger partial charge in [0.2, 0.25) is 5.69 Å². The van der Waals surface area contributed by atoms with Crippen molar-refractivity contribution in [3.63, 3.8) is 0 Å². The SMILES string of the molecule is CCN1/C(=C/C=C2\CCCC(/C=C/C3=[N+](C)c4ccccc4C3(C)C)=C2Cl)C(C)(C)c2c1ccc1ccccc21.[I-]. The summed E-state index contributed by atoms with van der Waals surface area (Å²) in [4.78, 5) is 2.48. The lowest BCUT2D eigenvalue weighted by Crippen LogP contribution is -3.00. The highest BCUT2D eigenvalue weighted by atomic mass is 127. The summed E-state index contributed by atoms with van der Waals surface area (Å²) in [5.41, 5.74) is 10.4. The predicted molar refractivity (Wildman–Crippen MR) is 172 cm³/mol. The van der Waals surface area contributed by atoms with Gasteiger partial charge in [-0.3, -0.25) is 0 Å². The van der Waals surface area contributed by atoms with Crippen LogP contribution in [0.2, 0.25) is 0 Å². The number of nitrogens with zero attached hydrogens (tertiary/aromatic N) is 2. The standard InChI is InChI=1S/C37H40ClN2.HI/c1-7-40-31-22-19-25-13-8-9-16-28(25)34(31)37(4,5)33(40)24-21-27-15-12-14-26(35(27)38)20-23-32-36(2,3)29-17-10-11-18-30(29)39(32)6;/h8-11,13,16-24H,7,12,14-15H2,1-6H3;1H/q+1;/p-1. The minimum atomic E-state index is -0.0961. The third-order valence-corrected chi connectivity index (χ3v) is 9.84. The van der Waals surface area contributed by atoms with E-state index in [2.05, 4.69) is 136 Å². The van der Waals surface area contributed by atoms with Crippen molar-refractivity contribution in [3.8, 4) is 0 Å². The first-order chi connectivity index (χ1) is 19.2. The zero-order valence-corrected chi connectivity index (χ0v) is 28.0. The summed E-state index contributed by atoms with van der Waals surface area (Å²) in [5.74, 6) is 0. The van der Waals surface area contributed by atoms with E-state index in [4.69, 9.17) is 11.6 Å². The summed E-state index contributed by atoms with van der Waals surface area (Å²) in [6.07, 6.45) is 12.3. The van der Waals surface area contributed by atoms with E-state index in [1.807, 2.05) is 0 Å². The van der Waals surface area contributed by atoms with E-state index in [-0.39, 0.29) is 34.8 Å². The molecule has 2 heterocycles. The summed E-state index contributed by atoms with van der Waals surface area (Å²) >= 11 is 7.12. The maximum absolute atomic E-state index is 7.12. The lowest BCUT2D eigenvalue weighted by molar-refractivity contribution is -0.401. The second kappa shape index (κ2) is 11.2. The maximum atomic E-state index is 7.12. The van der Waals surface area contributed by atoms with Gasteiger partial charge in [0.05, 0.1) is 5.41 Å². The molecular formula is C37H40ClIN2. The molecule has 0 amide bonds. The van der Waals surface area contributed by atoms with E-state index in [1.54, 1.807) is 0 Å². The summed E-state index contributed by atoms with van der Waals surface area (Å²) in [6, 6.07) is 22.0. The Morgan fingerprint density at radius 1 is 0.878 bits per heavy atom. The van der Waals surface area contributed by atoms with Crippen LogP contribution >= 0.6 is 11.6 Å². The Morgan fingerprint density at radius 2 is 1.61 bits per heavy atom. The minimum absolute atomic E-state index is 0. The van der Waals surface area contributed by atoms with Crippen molar-refractivity contribution in [2.75, 3.05) is 18.5 Å². The second-order valence-electron chi connectivity index (χ2n) is 12.4. The number of likely N-dealkylation sites (N-methyl/N-ethyl adjacent to an activating group) is 1. The monoisotopic (exact) mass is 674 g/mol. The third-order valence-electron chi connectivity index (χ3n) is 9.35. The smallest absolute Gasteiger partial charge is 0.209 e. The fourth-order valence-electron chi connectivity index (χ4n) is 7.24. The number of fused-ring (bicyclic) bond motifs is 4. The van der Waals surface area contributed by atoms with Crippen LogP contribution in [0.1, 0.15) is 65.0 Å². The van der Waals surface area contributed by atoms with Gasteiger partial charge < -0.3 is 28.9 Å². The number of anilines is 1. The molecule has 4 heteroatoms. The van der Waals surface area contributed by atoms with Gasteiger partial charge in [-0.1, -0.05) is 86.1 Å². The Hall–Kier alpha value is -2.63. The van der Waals surface area contributed by atoms with Crippen molar-refractivity contribution in [2.24, 2.45) is 0 Å². The zero-order chi connectivity index (χ0) is 28.2. The van der Waals surface area contributed by atoms with Gasteiger partial charge in [0.15, 0.2) is 5.71 Å². The highest BCUT2D eigenvalue weighted by molar-refractivity contribution is 6.32. The first-order valence-corrected chi connectivity index (χ1v) is 15.0. The van der Waals surface area contributed by atoms with Gasteiger partial charge in [-0.2, -0.15) is 4.58 Å². The van der Waals surface area contributed by atoms with Gasteiger partial charge in [-0.15, -0.1) is 0 Å². The Balaban J connectivity index is 0.00000337. The molecule has 1 aliphatic carbocycles. The van der Waals surface area contributed by atoms with Crippen LogP contribution in [0.5, 0.6) is 0 Å². The molecule has 3 aliphatic rings. The third kappa shape index (κ3) is 4.83. The fourth-order valence-corrected chi connectivity index (χ4v) is 7.56. The van der Waals surface area contributed by atoms with Crippen molar-refractivity contribution in [1.29, 1.82) is 0 Å². The van der Waals surface area contributed by atoms with Gasteiger partial charge in [0.25, 0.3) is 0 Å². The van der Waals surface area contributed by atoms with Crippen molar-refractivity contribution in [2.45, 2.75) is 64.7 Å². The summed E-state index contributed by atoms with van der Waals surface area (Å²) in [5, 5.41) is 3.57. The normalized spacial score (nSPS) is 21.3. The van der Waals surface area contributed by atoms with E-state index < -0.39 is 0 Å². The van der Waals surface area contributed by atoms with E-state index in [1.165, 1.54) is 55.8 Å². The molecule has 0 atom stereocenters. The Kier molecular flexibility index (Phi) is 8.17. The number of allylic oxidation sites excluding steroid dienone is 8. The lowest BCUT2D eigenvalue weighted by Gasteiger charge is -2.26. The van der Waals surface area contributed by atoms with Crippen molar-refractivity contribution >= 4 is 39.5 Å². The Morgan fingerprint density at radius 3 is 2.37 bits per heavy atom. The van der Waals surface area contributed by atoms with Crippen LogP contribution in [-0.2, 0) is 10.8 Å². The number of para-hydroxylation sites is 1. The molecule has 3 aromatic rings. The average Bonchev–Trinajstić information content (AvgIpc) is 3.29. The minimum Gasteiger partial charge on any atom is -1.00 e. The Bertz CT molecular complexity index is 1680. The zero-order valence-electron chi connectivity index (χ0n) is 25.1. The first-order valence-electron chi connectivity index (χ1n) is 14.6. The molecule has 212 valence electrons. The lowest BCUT2D eigenvalue weighted by atomic mass is 9.80. The van der Waals surface area contributed by atoms with Gasteiger partial charge >= 0.3 is 0 Å². The second-order valence-corrected chi connectivity index (χ2v) is 12.8. The van der Waals surface area contributed by atoms with E-state index in [0.29, 0.717) is 0 Å². The summed E-state index contributed by atoms with van der Waals surface area (Å²) in [7, 11) is 2.17. The number of hydrogen-bond acceptors (Lipinski definition) is 1. The summed E-state index contributed by atoms with van der Waals surface area (Å²) < 4.78 is 2.33. The molecule has 0 bridgehead atoms. The van der Waals surface area contributed by atoms with Crippen LogP contribution in [0.25, 0.3) is 10.8 Å². The molecule has 2 aliphatic heterocycles. The molecule has 41 heavy (non-hydrogen) atoms. The molecule has 0 saturated heterocycles. The molecule has 0 N–H and O–H groups in total. The number of benzene rings is 3. The molecule has 0 unspecified atom stereocenters. The molecule has 3 aromatic carbocycles. The Labute approximate surface area is 267 Å². The van der Waals surface area contributed by atoms with Crippen molar-refractivity contribution in [1.82, 2.24) is 0 Å². The molecule has 0 radical (unpaired) electrons. The first kappa shape index (κ1) is 29.8. The molecule has 2 nitrogen and oxygen atoms in total. The van der Waals surface area contributed by atoms with Crippen LogP contribution in [0, 0.1) is 0 Å². The molecule has 0 fully saturated rings. The summed E-state index contributed by atoms with van der Waals surface area (Å²) in [6.45, 7) is 12.5. The number of rotatable bonds is 4. The molecule has 0 spiro atoms. The van der Waals surface area contributed by atoms with Crippen LogP contribution in [-0.4, -0.2) is 23.9 Å². The predicted octanol–water partition coefficient (Wildman–Crippen LogP) is 6.71. The van der Waals surface area contributed by atoms with Crippen LogP contribution in [0.3, 0.4) is 0 Å². The van der Waals surface area contributed by atoms with E-state index >= 15 is 0 Å². The van der Waals surface area contributed by atoms with Crippen LogP contribution < -0.4 is 28.9 Å². The molecule has 6 rings (SSSR count). The van der Waals surface area contributed by atoms with Gasteiger partial charge in [-0.25, -0.2) is 0 Å². The fraction of sp³-hybridized carbons (Fsp3) is 0.324. The van der Waals surface area contributed by atoms with Gasteiger partial charge in [0.1, 0.15) is 7.05 Å². The van der Waals surface area contributed by atoms with Crippen LogP contribution in [0.15, 0.2) is 107 Å². The number of hydrogen-bond donors (Lipinski definition) is 0. The molecular weight excluding hydrogens is 635 g/mol. The highest BCUT2D eigenvalue weighted by Gasteiger charge is 2.43. The van der Waals surface area contributed by atoms with Crippen molar-refractivity contribution in [3.05, 3.63) is 118 Å². The topological polar surface area (TPSA) is 6.25 Å².